The molecule has 4 nitrogen and oxygen atoms in total. The second-order valence-corrected chi connectivity index (χ2v) is 9.15. The van der Waals surface area contributed by atoms with Gasteiger partial charge in [0.15, 0.2) is 0 Å². The third-order valence-electron chi connectivity index (χ3n) is 6.00. The Kier molecular flexibility index (Phi) is 6.40. The number of amides is 1. The van der Waals surface area contributed by atoms with E-state index in [0.717, 1.165) is 36.6 Å². The number of fused-ring (bicyclic) bond motifs is 2. The number of hydrogen-bond donors (Lipinski definition) is 1. The predicted molar refractivity (Wildman–Crippen MR) is 115 cm³/mol. The summed E-state index contributed by atoms with van der Waals surface area (Å²) in [7, 11) is 0. The van der Waals surface area contributed by atoms with Crippen molar-refractivity contribution in [2.24, 2.45) is 0 Å². The first-order chi connectivity index (χ1) is 13.7. The zero-order valence-electron chi connectivity index (χ0n) is 16.4. The Morgan fingerprint density at radius 1 is 1.00 bits per heavy atom. The lowest BCUT2D eigenvalue weighted by atomic mass is 9.97. The number of nitrogens with one attached hydrogen (secondary N) is 1. The van der Waals surface area contributed by atoms with Gasteiger partial charge in [0.1, 0.15) is 5.58 Å². The van der Waals surface area contributed by atoms with Crippen molar-refractivity contribution in [1.29, 1.82) is 0 Å². The molecule has 0 saturated heterocycles. The Labute approximate surface area is 170 Å². The number of carbonyl (C=O) groups is 1. The van der Waals surface area contributed by atoms with Gasteiger partial charge in [0, 0.05) is 23.2 Å². The third-order valence-corrected chi connectivity index (χ3v) is 6.99. The van der Waals surface area contributed by atoms with Gasteiger partial charge in [-0.25, -0.2) is 4.79 Å². The van der Waals surface area contributed by atoms with Crippen molar-refractivity contribution in [3.8, 4) is 0 Å². The summed E-state index contributed by atoms with van der Waals surface area (Å²) >= 11 is 1.58. The van der Waals surface area contributed by atoms with Crippen molar-refractivity contribution >= 4 is 28.6 Å². The smallest absolute Gasteiger partial charge is 0.336 e. The Bertz CT molecular complexity index is 897. The number of carbonyl (C=O) groups excluding carboxylic acids is 1. The van der Waals surface area contributed by atoms with Crippen LogP contribution in [0.5, 0.6) is 0 Å². The molecule has 1 aromatic heterocycles. The van der Waals surface area contributed by atoms with Crippen LogP contribution in [0.2, 0.25) is 0 Å². The van der Waals surface area contributed by atoms with Crippen molar-refractivity contribution in [3.05, 3.63) is 45.3 Å². The molecule has 0 bridgehead atoms. The van der Waals surface area contributed by atoms with Gasteiger partial charge in [-0.05, 0) is 60.9 Å². The first kappa shape index (κ1) is 19.6. The molecule has 1 amide bonds. The van der Waals surface area contributed by atoms with E-state index in [0.29, 0.717) is 23.1 Å². The highest BCUT2D eigenvalue weighted by atomic mass is 32.2. The van der Waals surface area contributed by atoms with Crippen LogP contribution in [0.1, 0.15) is 68.1 Å². The summed E-state index contributed by atoms with van der Waals surface area (Å²) in [6.07, 6.45) is 11.9. The predicted octanol–water partition coefficient (Wildman–Crippen LogP) is 4.74. The fraction of sp³-hybridized carbons (Fsp3) is 0.565. The monoisotopic (exact) mass is 399 g/mol. The van der Waals surface area contributed by atoms with E-state index in [1.807, 2.05) is 6.07 Å². The van der Waals surface area contributed by atoms with E-state index in [2.05, 4.69) is 11.4 Å². The van der Waals surface area contributed by atoms with Crippen LogP contribution >= 0.6 is 11.8 Å². The molecule has 150 valence electrons. The topological polar surface area (TPSA) is 59.3 Å². The molecule has 2 aliphatic carbocycles. The SMILES string of the molecule is O=C(CSCc1cc(=O)oc2cc3c(cc12)CCC3)NC1CCCCCCC1. The molecule has 0 radical (unpaired) electrons. The van der Waals surface area contributed by atoms with E-state index in [-0.39, 0.29) is 11.5 Å². The highest BCUT2D eigenvalue weighted by molar-refractivity contribution is 7.99. The summed E-state index contributed by atoms with van der Waals surface area (Å²) in [5.74, 6) is 1.20. The van der Waals surface area contributed by atoms with Gasteiger partial charge in [-0.1, -0.05) is 32.1 Å². The van der Waals surface area contributed by atoms with E-state index < -0.39 is 0 Å². The summed E-state index contributed by atoms with van der Waals surface area (Å²) in [6.45, 7) is 0. The quantitative estimate of drug-likeness (QED) is 0.738. The summed E-state index contributed by atoms with van der Waals surface area (Å²) in [5, 5.41) is 4.24. The molecule has 28 heavy (non-hydrogen) atoms. The average Bonchev–Trinajstić information content (AvgIpc) is 3.09. The molecule has 1 N–H and O–H groups in total. The van der Waals surface area contributed by atoms with Crippen molar-refractivity contribution < 1.29 is 9.21 Å². The van der Waals surface area contributed by atoms with Gasteiger partial charge >= 0.3 is 5.63 Å². The van der Waals surface area contributed by atoms with Gasteiger partial charge in [-0.3, -0.25) is 4.79 Å². The van der Waals surface area contributed by atoms with Gasteiger partial charge < -0.3 is 9.73 Å². The summed E-state index contributed by atoms with van der Waals surface area (Å²) in [5.41, 5.74) is 4.03. The lowest BCUT2D eigenvalue weighted by Crippen LogP contribution is -2.36. The van der Waals surface area contributed by atoms with E-state index in [1.165, 1.54) is 49.7 Å². The normalized spacial score (nSPS) is 17.9. The van der Waals surface area contributed by atoms with Crippen molar-refractivity contribution in [2.75, 3.05) is 5.75 Å². The van der Waals surface area contributed by atoms with Gasteiger partial charge in [0.05, 0.1) is 5.75 Å². The fourth-order valence-electron chi connectivity index (χ4n) is 4.54. The maximum Gasteiger partial charge on any atom is 0.336 e. The van der Waals surface area contributed by atoms with Gasteiger partial charge in [0.2, 0.25) is 5.91 Å². The Balaban J connectivity index is 1.37. The zero-order valence-corrected chi connectivity index (χ0v) is 17.2. The van der Waals surface area contributed by atoms with E-state index in [9.17, 15) is 9.59 Å². The highest BCUT2D eigenvalue weighted by Gasteiger charge is 2.16. The van der Waals surface area contributed by atoms with Gasteiger partial charge in [0.25, 0.3) is 0 Å². The van der Waals surface area contributed by atoms with Crippen molar-refractivity contribution in [1.82, 2.24) is 5.32 Å². The van der Waals surface area contributed by atoms with Crippen LogP contribution in [-0.4, -0.2) is 17.7 Å². The van der Waals surface area contributed by atoms with Crippen LogP contribution in [-0.2, 0) is 23.4 Å². The Morgan fingerprint density at radius 3 is 2.50 bits per heavy atom. The van der Waals surface area contributed by atoms with E-state index in [1.54, 1.807) is 17.8 Å². The molecule has 0 atom stereocenters. The van der Waals surface area contributed by atoms with Crippen LogP contribution in [0.4, 0.5) is 0 Å². The maximum absolute atomic E-state index is 12.4. The van der Waals surface area contributed by atoms with Gasteiger partial charge in [-0.15, -0.1) is 11.8 Å². The zero-order chi connectivity index (χ0) is 19.3. The van der Waals surface area contributed by atoms with Gasteiger partial charge in [-0.2, -0.15) is 0 Å². The second-order valence-electron chi connectivity index (χ2n) is 8.16. The molecule has 1 aromatic carbocycles. The number of thioether (sulfide) groups is 1. The molecular formula is C23H29NO3S. The number of hydrogen-bond acceptors (Lipinski definition) is 4. The molecule has 2 aromatic rings. The minimum absolute atomic E-state index is 0.115. The molecule has 0 spiro atoms. The number of aryl methyl sites for hydroxylation is 2. The molecule has 1 heterocycles. The van der Waals surface area contributed by atoms with E-state index >= 15 is 0 Å². The Hall–Kier alpha value is -1.75. The van der Waals surface area contributed by atoms with Crippen LogP contribution < -0.4 is 10.9 Å². The molecule has 5 heteroatoms. The summed E-state index contributed by atoms with van der Waals surface area (Å²) in [4.78, 5) is 24.3. The maximum atomic E-state index is 12.4. The van der Waals surface area contributed by atoms with Crippen LogP contribution in [0.25, 0.3) is 11.0 Å². The third kappa shape index (κ3) is 4.80. The molecule has 4 rings (SSSR count). The molecule has 0 unspecified atom stereocenters. The van der Waals surface area contributed by atoms with Crippen molar-refractivity contribution in [3.63, 3.8) is 0 Å². The lowest BCUT2D eigenvalue weighted by Gasteiger charge is -2.21. The number of benzene rings is 1. The first-order valence-electron chi connectivity index (χ1n) is 10.6. The van der Waals surface area contributed by atoms with Crippen LogP contribution in [0.15, 0.2) is 27.4 Å². The summed E-state index contributed by atoms with van der Waals surface area (Å²) < 4.78 is 5.43. The van der Waals surface area contributed by atoms with Crippen LogP contribution in [0, 0.1) is 0 Å². The largest absolute Gasteiger partial charge is 0.423 e. The minimum Gasteiger partial charge on any atom is -0.423 e. The number of rotatable bonds is 5. The molecule has 0 aliphatic heterocycles. The molecule has 2 aliphatic rings. The second kappa shape index (κ2) is 9.17. The lowest BCUT2D eigenvalue weighted by molar-refractivity contribution is -0.119. The minimum atomic E-state index is -0.306. The standard InChI is InChI=1S/C23H29NO3S/c25-22(24-19-9-4-2-1-3-5-10-19)15-28-14-18-13-23(26)27-21-12-17-8-6-7-16(17)11-20(18)21/h11-13,19H,1-10,14-15H2,(H,24,25). The first-order valence-corrected chi connectivity index (χ1v) is 11.8. The average molecular weight is 400 g/mol. The van der Waals surface area contributed by atoms with Crippen LogP contribution in [0.3, 0.4) is 0 Å². The molecular weight excluding hydrogens is 370 g/mol. The van der Waals surface area contributed by atoms with Crippen molar-refractivity contribution in [2.45, 2.75) is 76.0 Å². The fourth-order valence-corrected chi connectivity index (χ4v) is 5.37. The summed E-state index contributed by atoms with van der Waals surface area (Å²) in [6, 6.07) is 6.14. The highest BCUT2D eigenvalue weighted by Crippen LogP contribution is 2.29. The molecule has 1 fully saturated rings. The Morgan fingerprint density at radius 2 is 1.71 bits per heavy atom. The van der Waals surface area contributed by atoms with E-state index in [4.69, 9.17) is 4.42 Å². The molecule has 1 saturated carbocycles.